The van der Waals surface area contributed by atoms with Crippen molar-refractivity contribution >= 4 is 29.5 Å². The number of amides is 4. The van der Waals surface area contributed by atoms with Gasteiger partial charge in [0.05, 0.1) is 13.7 Å². The van der Waals surface area contributed by atoms with Crippen LogP contribution in [-0.2, 0) is 19.1 Å². The molecule has 0 heterocycles. The number of carbonyl (C=O) groups excluding carboxylic acids is 4. The zero-order valence-corrected chi connectivity index (χ0v) is 19.6. The van der Waals surface area contributed by atoms with Gasteiger partial charge in [0.2, 0.25) is 5.91 Å². The van der Waals surface area contributed by atoms with Crippen LogP contribution in [-0.4, -0.2) is 61.2 Å². The summed E-state index contributed by atoms with van der Waals surface area (Å²) in [6, 6.07) is 4.24. The van der Waals surface area contributed by atoms with E-state index in [4.69, 9.17) is 10.5 Å². The molecule has 0 aliphatic carbocycles. The number of benzene rings is 1. The fourth-order valence-electron chi connectivity index (χ4n) is 3.23. The molecule has 0 saturated heterocycles. The van der Waals surface area contributed by atoms with Gasteiger partial charge in [0.15, 0.2) is 12.1 Å². The summed E-state index contributed by atoms with van der Waals surface area (Å²) in [6.45, 7) is 5.90. The smallest absolute Gasteiger partial charge is 0.339 e. The lowest BCUT2D eigenvalue weighted by Crippen LogP contribution is -2.90. The number of quaternary nitrogens is 1. The Morgan fingerprint density at radius 2 is 1.76 bits per heavy atom. The quantitative estimate of drug-likeness (QED) is 0.167. The zero-order valence-electron chi connectivity index (χ0n) is 19.6. The van der Waals surface area contributed by atoms with Crippen LogP contribution in [0.5, 0.6) is 0 Å². The minimum absolute atomic E-state index is 0.0635. The highest BCUT2D eigenvalue weighted by molar-refractivity contribution is 5.97. The Kier molecular flexibility index (Phi) is 11.9. The van der Waals surface area contributed by atoms with E-state index in [2.05, 4.69) is 16.0 Å². The molecule has 1 aromatic carbocycles. The summed E-state index contributed by atoms with van der Waals surface area (Å²) in [5, 5.41) is 19.8. The highest BCUT2D eigenvalue weighted by Crippen LogP contribution is 2.18. The molecule has 8 N–H and O–H groups in total. The zero-order chi connectivity index (χ0) is 25.0. The molecule has 3 atom stereocenters. The number of esters is 1. The van der Waals surface area contributed by atoms with Gasteiger partial charge in [0.25, 0.3) is 5.91 Å². The minimum atomic E-state index is -1.42. The Morgan fingerprint density at radius 3 is 2.27 bits per heavy atom. The van der Waals surface area contributed by atoms with Crippen LogP contribution in [0, 0.1) is 5.92 Å². The summed E-state index contributed by atoms with van der Waals surface area (Å²) in [4.78, 5) is 48.1. The van der Waals surface area contributed by atoms with Crippen LogP contribution >= 0.6 is 0 Å². The van der Waals surface area contributed by atoms with Crippen molar-refractivity contribution in [1.82, 2.24) is 10.6 Å². The summed E-state index contributed by atoms with van der Waals surface area (Å²) in [6.07, 6.45) is -0.710. The van der Waals surface area contributed by atoms with Gasteiger partial charge in [0, 0.05) is 18.2 Å². The van der Waals surface area contributed by atoms with Crippen LogP contribution in [0.1, 0.15) is 45.3 Å². The Balaban J connectivity index is 2.87. The molecule has 0 aliphatic heterocycles. The molecule has 1 rings (SSSR count). The SMILES string of the molecule is CCOC(=O)C(O)c1ccc(NC(=O)[C@H](CCCNC(N)=O)NC(=O)[C@@H]([NH2+]C)C(C)C)cc1. The van der Waals surface area contributed by atoms with Crippen LogP contribution in [0.2, 0.25) is 0 Å². The summed E-state index contributed by atoms with van der Waals surface area (Å²) < 4.78 is 4.79. The van der Waals surface area contributed by atoms with Crippen molar-refractivity contribution in [3.8, 4) is 0 Å². The number of aliphatic hydroxyl groups excluding tert-OH is 1. The van der Waals surface area contributed by atoms with Gasteiger partial charge in [-0.15, -0.1) is 0 Å². The van der Waals surface area contributed by atoms with Gasteiger partial charge in [-0.3, -0.25) is 9.59 Å². The topological polar surface area (TPSA) is 176 Å². The van der Waals surface area contributed by atoms with Gasteiger partial charge in [-0.05, 0) is 37.5 Å². The van der Waals surface area contributed by atoms with Crippen molar-refractivity contribution in [1.29, 1.82) is 0 Å². The van der Waals surface area contributed by atoms with Crippen LogP contribution in [0.4, 0.5) is 10.5 Å². The van der Waals surface area contributed by atoms with Crippen LogP contribution < -0.4 is 27.0 Å². The van der Waals surface area contributed by atoms with E-state index in [0.29, 0.717) is 17.7 Å². The molecule has 11 nitrogen and oxygen atoms in total. The van der Waals surface area contributed by atoms with Crippen molar-refractivity contribution in [3.05, 3.63) is 29.8 Å². The van der Waals surface area contributed by atoms with Crippen molar-refractivity contribution in [2.75, 3.05) is 25.5 Å². The molecular formula is C22H36N5O6+. The van der Waals surface area contributed by atoms with Crippen LogP contribution in [0.15, 0.2) is 24.3 Å². The van der Waals surface area contributed by atoms with Crippen LogP contribution in [0.25, 0.3) is 0 Å². The molecule has 0 radical (unpaired) electrons. The van der Waals surface area contributed by atoms with Gasteiger partial charge in [-0.2, -0.15) is 0 Å². The number of anilines is 1. The molecular weight excluding hydrogens is 430 g/mol. The number of primary amides is 1. The fourth-order valence-corrected chi connectivity index (χ4v) is 3.23. The van der Waals surface area contributed by atoms with Gasteiger partial charge in [0.1, 0.15) is 6.04 Å². The first-order valence-electron chi connectivity index (χ1n) is 11.0. The molecule has 11 heteroatoms. The fraction of sp³-hybridized carbons (Fsp3) is 0.545. The first-order valence-corrected chi connectivity index (χ1v) is 11.0. The lowest BCUT2D eigenvalue weighted by molar-refractivity contribution is -0.656. The third-order valence-corrected chi connectivity index (χ3v) is 4.99. The predicted molar refractivity (Wildman–Crippen MR) is 122 cm³/mol. The molecule has 0 bridgehead atoms. The van der Waals surface area contributed by atoms with E-state index < -0.39 is 30.1 Å². The Labute approximate surface area is 193 Å². The van der Waals surface area contributed by atoms with Gasteiger partial charge < -0.3 is 36.8 Å². The largest absolute Gasteiger partial charge is 0.464 e. The number of hydrogen-bond donors (Lipinski definition) is 6. The number of likely N-dealkylation sites (N-methyl/N-ethyl adjacent to an activating group) is 1. The number of nitrogens with two attached hydrogens (primary N) is 2. The van der Waals surface area contributed by atoms with E-state index >= 15 is 0 Å². The second-order valence-electron chi connectivity index (χ2n) is 7.86. The molecule has 0 fully saturated rings. The molecule has 0 aliphatic rings. The summed E-state index contributed by atoms with van der Waals surface area (Å²) in [5.41, 5.74) is 5.82. The maximum atomic E-state index is 12.9. The van der Waals surface area contributed by atoms with Gasteiger partial charge in [-0.25, -0.2) is 9.59 Å². The monoisotopic (exact) mass is 466 g/mol. The molecule has 0 spiro atoms. The standard InChI is InChI=1S/C22H35N5O6/c1-5-33-21(31)18(28)14-8-10-15(11-9-14)26-19(29)16(7-6-12-25-22(23)32)27-20(30)17(24-4)13(2)3/h8-11,13,16-18,24,28H,5-7,12H2,1-4H3,(H,26,29)(H,27,30)(H3,23,25,32)/p+1/t16-,17-,18?/m0/s1. The lowest BCUT2D eigenvalue weighted by atomic mass is 10.0. The number of ether oxygens (including phenoxy) is 1. The Bertz CT molecular complexity index is 799. The average Bonchev–Trinajstić information content (AvgIpc) is 2.76. The molecule has 4 amide bonds. The number of carbonyl (C=O) groups is 4. The van der Waals surface area contributed by atoms with E-state index in [1.807, 2.05) is 13.8 Å². The second-order valence-corrected chi connectivity index (χ2v) is 7.86. The summed E-state index contributed by atoms with van der Waals surface area (Å²) >= 11 is 0. The summed E-state index contributed by atoms with van der Waals surface area (Å²) in [5.74, 6) is -1.38. The third-order valence-electron chi connectivity index (χ3n) is 4.99. The number of hydrogen-bond acceptors (Lipinski definition) is 6. The van der Waals surface area contributed by atoms with Gasteiger partial charge >= 0.3 is 12.0 Å². The maximum Gasteiger partial charge on any atom is 0.339 e. The van der Waals surface area contributed by atoms with E-state index in [-0.39, 0.29) is 37.4 Å². The van der Waals surface area contributed by atoms with Crippen molar-refractivity contribution in [3.63, 3.8) is 0 Å². The Hall–Kier alpha value is -3.18. The van der Waals surface area contributed by atoms with Crippen molar-refractivity contribution in [2.45, 2.75) is 51.8 Å². The summed E-state index contributed by atoms with van der Waals surface area (Å²) in [7, 11) is 1.79. The number of nitrogens with one attached hydrogen (secondary N) is 3. The molecule has 0 aromatic heterocycles. The van der Waals surface area contributed by atoms with E-state index in [0.717, 1.165) is 0 Å². The Morgan fingerprint density at radius 1 is 1.12 bits per heavy atom. The molecule has 0 saturated carbocycles. The molecule has 1 unspecified atom stereocenters. The normalized spacial score (nSPS) is 13.5. The van der Waals surface area contributed by atoms with Crippen molar-refractivity contribution < 1.29 is 34.3 Å². The third kappa shape index (κ3) is 9.46. The minimum Gasteiger partial charge on any atom is -0.464 e. The number of aliphatic hydroxyl groups is 1. The highest BCUT2D eigenvalue weighted by atomic mass is 16.5. The average molecular weight is 467 g/mol. The first-order chi connectivity index (χ1) is 15.6. The molecule has 33 heavy (non-hydrogen) atoms. The van der Waals surface area contributed by atoms with E-state index in [1.165, 1.54) is 12.1 Å². The second kappa shape index (κ2) is 14.1. The lowest BCUT2D eigenvalue weighted by Gasteiger charge is -2.22. The van der Waals surface area contributed by atoms with E-state index in [1.54, 1.807) is 31.4 Å². The highest BCUT2D eigenvalue weighted by Gasteiger charge is 2.29. The predicted octanol–water partition coefficient (Wildman–Crippen LogP) is -0.627. The van der Waals surface area contributed by atoms with Crippen molar-refractivity contribution in [2.24, 2.45) is 11.7 Å². The maximum absolute atomic E-state index is 12.9. The molecule has 184 valence electrons. The number of urea groups is 1. The first kappa shape index (κ1) is 27.9. The molecule has 1 aromatic rings. The number of rotatable bonds is 13. The van der Waals surface area contributed by atoms with E-state index in [9.17, 15) is 24.3 Å². The van der Waals surface area contributed by atoms with Gasteiger partial charge in [-0.1, -0.05) is 26.0 Å². The van der Waals surface area contributed by atoms with Crippen LogP contribution in [0.3, 0.4) is 0 Å².